The number of aromatic nitrogens is 3. The van der Waals surface area contributed by atoms with Crippen molar-refractivity contribution in [3.05, 3.63) is 57.0 Å². The van der Waals surface area contributed by atoms with Gasteiger partial charge in [-0.2, -0.15) is 0 Å². The van der Waals surface area contributed by atoms with Crippen molar-refractivity contribution in [1.82, 2.24) is 14.5 Å². The van der Waals surface area contributed by atoms with E-state index in [9.17, 15) is 9.59 Å². The SMILES string of the molecule is Nc1cccc(Cn2ccc(=O)[nH]c2=O)n1. The highest BCUT2D eigenvalue weighted by Gasteiger charge is 1.99. The maximum Gasteiger partial charge on any atom is 0.328 e. The van der Waals surface area contributed by atoms with Crippen LogP contribution in [0.1, 0.15) is 5.69 Å². The summed E-state index contributed by atoms with van der Waals surface area (Å²) in [7, 11) is 0. The molecule has 2 aromatic heterocycles. The molecule has 0 spiro atoms. The average molecular weight is 218 g/mol. The van der Waals surface area contributed by atoms with Gasteiger partial charge < -0.3 is 5.73 Å². The van der Waals surface area contributed by atoms with Crippen LogP contribution in [0.15, 0.2) is 40.1 Å². The number of H-pyrrole nitrogens is 1. The zero-order chi connectivity index (χ0) is 11.5. The summed E-state index contributed by atoms with van der Waals surface area (Å²) in [6.07, 6.45) is 1.42. The van der Waals surface area contributed by atoms with E-state index in [0.29, 0.717) is 11.5 Å². The number of anilines is 1. The summed E-state index contributed by atoms with van der Waals surface area (Å²) in [4.78, 5) is 28.4. The second-order valence-electron chi connectivity index (χ2n) is 3.29. The molecule has 0 fully saturated rings. The molecule has 0 amide bonds. The Morgan fingerprint density at radius 3 is 2.81 bits per heavy atom. The topological polar surface area (TPSA) is 93.8 Å². The number of nitrogens with one attached hydrogen (secondary N) is 1. The van der Waals surface area contributed by atoms with E-state index in [2.05, 4.69) is 9.97 Å². The van der Waals surface area contributed by atoms with E-state index in [1.54, 1.807) is 18.2 Å². The molecule has 6 heteroatoms. The quantitative estimate of drug-likeness (QED) is 0.714. The summed E-state index contributed by atoms with van der Waals surface area (Å²) in [5.41, 5.74) is 5.30. The fraction of sp³-hybridized carbons (Fsp3) is 0.100. The van der Waals surface area contributed by atoms with Crippen LogP contribution in [0.3, 0.4) is 0 Å². The molecule has 0 saturated heterocycles. The van der Waals surface area contributed by atoms with Gasteiger partial charge in [0.05, 0.1) is 12.2 Å². The first-order chi connectivity index (χ1) is 7.65. The van der Waals surface area contributed by atoms with Crippen molar-refractivity contribution in [2.75, 3.05) is 5.73 Å². The lowest BCUT2D eigenvalue weighted by molar-refractivity contribution is 0.706. The number of hydrogen-bond acceptors (Lipinski definition) is 4. The van der Waals surface area contributed by atoms with Crippen molar-refractivity contribution in [3.63, 3.8) is 0 Å². The standard InChI is InChI=1S/C10H10N4O2/c11-8-3-1-2-7(12-8)6-14-5-4-9(15)13-10(14)16/h1-5H,6H2,(H2,11,12)(H,13,15,16). The Hall–Kier alpha value is -2.37. The molecule has 0 aromatic carbocycles. The Bertz CT molecular complexity index is 614. The van der Waals surface area contributed by atoms with Crippen LogP contribution in [-0.4, -0.2) is 14.5 Å². The summed E-state index contributed by atoms with van der Waals surface area (Å²) < 4.78 is 1.35. The number of aromatic amines is 1. The summed E-state index contributed by atoms with van der Waals surface area (Å²) in [5.74, 6) is 0.398. The van der Waals surface area contributed by atoms with E-state index in [1.165, 1.54) is 16.8 Å². The highest BCUT2D eigenvalue weighted by molar-refractivity contribution is 5.28. The minimum absolute atomic E-state index is 0.278. The molecular formula is C10H10N4O2. The second-order valence-corrected chi connectivity index (χ2v) is 3.29. The number of nitrogens with two attached hydrogens (primary N) is 1. The van der Waals surface area contributed by atoms with E-state index < -0.39 is 11.2 Å². The number of rotatable bonds is 2. The third kappa shape index (κ3) is 2.17. The lowest BCUT2D eigenvalue weighted by Crippen LogP contribution is -2.29. The Morgan fingerprint density at radius 1 is 1.31 bits per heavy atom. The maximum absolute atomic E-state index is 11.4. The molecule has 0 bridgehead atoms. The van der Waals surface area contributed by atoms with Gasteiger partial charge in [0.2, 0.25) is 0 Å². The van der Waals surface area contributed by atoms with Crippen molar-refractivity contribution in [3.8, 4) is 0 Å². The van der Waals surface area contributed by atoms with Gasteiger partial charge in [-0.1, -0.05) is 6.07 Å². The summed E-state index contributed by atoms with van der Waals surface area (Å²) >= 11 is 0. The molecule has 2 heterocycles. The molecule has 0 aliphatic rings. The van der Waals surface area contributed by atoms with Crippen molar-refractivity contribution < 1.29 is 0 Å². The zero-order valence-electron chi connectivity index (χ0n) is 8.38. The van der Waals surface area contributed by atoms with Gasteiger partial charge in [-0.05, 0) is 12.1 Å². The number of nitrogens with zero attached hydrogens (tertiary/aromatic N) is 2. The number of pyridine rings is 1. The van der Waals surface area contributed by atoms with Gasteiger partial charge in [-0.25, -0.2) is 9.78 Å². The lowest BCUT2D eigenvalue weighted by atomic mass is 10.3. The highest BCUT2D eigenvalue weighted by Crippen LogP contribution is 2.00. The Balaban J connectivity index is 2.34. The first-order valence-corrected chi connectivity index (χ1v) is 4.66. The normalized spacial score (nSPS) is 10.2. The largest absolute Gasteiger partial charge is 0.384 e. The molecule has 2 aromatic rings. The van der Waals surface area contributed by atoms with Crippen molar-refractivity contribution in [2.24, 2.45) is 0 Å². The fourth-order valence-corrected chi connectivity index (χ4v) is 1.33. The third-order valence-corrected chi connectivity index (χ3v) is 2.06. The molecule has 0 radical (unpaired) electrons. The fourth-order valence-electron chi connectivity index (χ4n) is 1.33. The van der Waals surface area contributed by atoms with E-state index in [0.717, 1.165) is 0 Å². The molecule has 3 N–H and O–H groups in total. The minimum Gasteiger partial charge on any atom is -0.384 e. The average Bonchev–Trinajstić information content (AvgIpc) is 2.22. The summed E-state index contributed by atoms with van der Waals surface area (Å²) in [5, 5.41) is 0. The number of hydrogen-bond donors (Lipinski definition) is 2. The molecule has 0 aliphatic heterocycles. The van der Waals surface area contributed by atoms with Gasteiger partial charge >= 0.3 is 5.69 Å². The first kappa shape index (κ1) is 10.2. The summed E-state index contributed by atoms with van der Waals surface area (Å²) in [6.45, 7) is 0.278. The van der Waals surface area contributed by atoms with E-state index >= 15 is 0 Å². The Labute approximate surface area is 90.4 Å². The molecule has 0 unspecified atom stereocenters. The smallest absolute Gasteiger partial charge is 0.328 e. The van der Waals surface area contributed by atoms with Crippen LogP contribution in [0.2, 0.25) is 0 Å². The third-order valence-electron chi connectivity index (χ3n) is 2.06. The molecule has 0 saturated carbocycles. The first-order valence-electron chi connectivity index (χ1n) is 4.66. The maximum atomic E-state index is 11.4. The van der Waals surface area contributed by atoms with E-state index in [1.807, 2.05) is 0 Å². The van der Waals surface area contributed by atoms with Gasteiger partial charge in [0.25, 0.3) is 5.56 Å². The van der Waals surface area contributed by atoms with Crippen molar-refractivity contribution in [1.29, 1.82) is 0 Å². The Kier molecular flexibility index (Phi) is 2.55. The van der Waals surface area contributed by atoms with Crippen LogP contribution >= 0.6 is 0 Å². The molecule has 6 nitrogen and oxygen atoms in total. The molecule has 82 valence electrons. The van der Waals surface area contributed by atoms with E-state index in [-0.39, 0.29) is 6.54 Å². The van der Waals surface area contributed by atoms with Crippen LogP contribution in [0.25, 0.3) is 0 Å². The van der Waals surface area contributed by atoms with Gasteiger partial charge in [-0.3, -0.25) is 14.3 Å². The molecule has 0 aliphatic carbocycles. The minimum atomic E-state index is -0.461. The molecular weight excluding hydrogens is 208 g/mol. The zero-order valence-corrected chi connectivity index (χ0v) is 8.38. The highest BCUT2D eigenvalue weighted by atomic mass is 16.2. The number of nitrogen functional groups attached to an aromatic ring is 1. The summed E-state index contributed by atoms with van der Waals surface area (Å²) in [6, 6.07) is 6.47. The molecule has 2 rings (SSSR count). The van der Waals surface area contributed by atoms with Gasteiger partial charge in [0.1, 0.15) is 5.82 Å². The van der Waals surface area contributed by atoms with E-state index in [4.69, 9.17) is 5.73 Å². The van der Waals surface area contributed by atoms with Crippen LogP contribution in [0, 0.1) is 0 Å². The molecule has 0 atom stereocenters. The van der Waals surface area contributed by atoms with Crippen molar-refractivity contribution >= 4 is 5.82 Å². The van der Waals surface area contributed by atoms with Gasteiger partial charge in [0.15, 0.2) is 0 Å². The van der Waals surface area contributed by atoms with Crippen LogP contribution in [0.4, 0.5) is 5.82 Å². The van der Waals surface area contributed by atoms with Crippen LogP contribution in [-0.2, 0) is 6.54 Å². The second kappa shape index (κ2) is 4.01. The Morgan fingerprint density at radius 2 is 2.12 bits per heavy atom. The van der Waals surface area contributed by atoms with Gasteiger partial charge in [-0.15, -0.1) is 0 Å². The van der Waals surface area contributed by atoms with Crippen LogP contribution < -0.4 is 17.0 Å². The lowest BCUT2D eigenvalue weighted by Gasteiger charge is -2.04. The van der Waals surface area contributed by atoms with Crippen LogP contribution in [0.5, 0.6) is 0 Å². The molecule has 16 heavy (non-hydrogen) atoms. The predicted octanol–water partition coefficient (Wildman–Crippen LogP) is -0.438. The monoisotopic (exact) mass is 218 g/mol. The van der Waals surface area contributed by atoms with Gasteiger partial charge in [0, 0.05) is 12.3 Å². The van der Waals surface area contributed by atoms with Crippen molar-refractivity contribution in [2.45, 2.75) is 6.54 Å². The predicted molar refractivity (Wildman–Crippen MR) is 59.1 cm³/mol.